The van der Waals surface area contributed by atoms with E-state index in [1.54, 1.807) is 0 Å². The third-order valence-electron chi connectivity index (χ3n) is 1.62. The van der Waals surface area contributed by atoms with E-state index in [0.29, 0.717) is 12.4 Å². The highest BCUT2D eigenvalue weighted by atomic mass is 79.9. The highest BCUT2D eigenvalue weighted by Gasteiger charge is 2.03. The van der Waals surface area contributed by atoms with E-state index in [2.05, 4.69) is 25.9 Å². The summed E-state index contributed by atoms with van der Waals surface area (Å²) in [7, 11) is 1.88. The molecule has 0 radical (unpaired) electrons. The zero-order valence-electron chi connectivity index (χ0n) is 7.66. The van der Waals surface area contributed by atoms with E-state index in [4.69, 9.17) is 5.11 Å². The van der Waals surface area contributed by atoms with Gasteiger partial charge in [0.25, 0.3) is 0 Å². The van der Waals surface area contributed by atoms with Gasteiger partial charge in [-0.25, -0.2) is 9.97 Å². The van der Waals surface area contributed by atoms with Crippen LogP contribution in [0.1, 0.15) is 5.82 Å². The molecule has 0 aliphatic carbocycles. The van der Waals surface area contributed by atoms with Gasteiger partial charge in [0.2, 0.25) is 0 Å². The van der Waals surface area contributed by atoms with Crippen LogP contribution in [-0.4, -0.2) is 35.3 Å². The molecule has 0 atom stereocenters. The molecule has 0 unspecified atom stereocenters. The fourth-order valence-electron chi connectivity index (χ4n) is 0.977. The summed E-state index contributed by atoms with van der Waals surface area (Å²) in [6, 6.07) is 1.82. The molecule has 1 rings (SSSR count). The zero-order valence-corrected chi connectivity index (χ0v) is 9.24. The van der Waals surface area contributed by atoms with E-state index in [1.807, 2.05) is 24.9 Å². The Morgan fingerprint density at radius 1 is 1.54 bits per heavy atom. The molecule has 4 nitrogen and oxygen atoms in total. The minimum atomic E-state index is 0.122. The quantitative estimate of drug-likeness (QED) is 0.807. The van der Waals surface area contributed by atoms with Gasteiger partial charge in [-0.15, -0.1) is 0 Å². The van der Waals surface area contributed by atoms with Crippen molar-refractivity contribution >= 4 is 21.7 Å². The number of aromatic nitrogens is 2. The molecule has 13 heavy (non-hydrogen) atoms. The highest BCUT2D eigenvalue weighted by Crippen LogP contribution is 2.14. The van der Waals surface area contributed by atoms with Crippen LogP contribution in [0.4, 0.5) is 5.82 Å². The van der Waals surface area contributed by atoms with E-state index in [1.165, 1.54) is 0 Å². The molecule has 0 bridgehead atoms. The Morgan fingerprint density at radius 3 is 2.77 bits per heavy atom. The van der Waals surface area contributed by atoms with Crippen LogP contribution in [0, 0.1) is 6.92 Å². The molecule has 5 heteroatoms. The van der Waals surface area contributed by atoms with E-state index in [9.17, 15) is 0 Å². The molecule has 72 valence electrons. The Hall–Kier alpha value is -0.680. The molecule has 0 aliphatic rings. The lowest BCUT2D eigenvalue weighted by Gasteiger charge is -2.16. The van der Waals surface area contributed by atoms with Crippen LogP contribution >= 0.6 is 15.9 Å². The first-order valence-electron chi connectivity index (χ1n) is 3.96. The summed E-state index contributed by atoms with van der Waals surface area (Å²) < 4.78 is 0.764. The highest BCUT2D eigenvalue weighted by molar-refractivity contribution is 9.10. The number of hydrogen-bond acceptors (Lipinski definition) is 4. The van der Waals surface area contributed by atoms with E-state index < -0.39 is 0 Å². The Morgan fingerprint density at radius 2 is 2.23 bits per heavy atom. The van der Waals surface area contributed by atoms with Crippen molar-refractivity contribution in [3.05, 3.63) is 16.5 Å². The average Bonchev–Trinajstić information content (AvgIpc) is 2.03. The van der Waals surface area contributed by atoms with Gasteiger partial charge in [0.15, 0.2) is 0 Å². The molecule has 1 aromatic rings. The number of rotatable bonds is 3. The Balaban J connectivity index is 2.87. The first-order chi connectivity index (χ1) is 6.13. The summed E-state index contributed by atoms with van der Waals surface area (Å²) in [6.45, 7) is 2.53. The lowest BCUT2D eigenvalue weighted by molar-refractivity contribution is 0.304. The molecule has 0 amide bonds. The van der Waals surface area contributed by atoms with Crippen molar-refractivity contribution in [2.75, 3.05) is 25.1 Å². The fraction of sp³-hybridized carbons (Fsp3) is 0.500. The number of halogens is 1. The molecule has 0 aliphatic heterocycles. The number of anilines is 1. The summed E-state index contributed by atoms with van der Waals surface area (Å²) in [5, 5.41) is 8.74. The van der Waals surface area contributed by atoms with Crippen molar-refractivity contribution in [1.82, 2.24) is 9.97 Å². The van der Waals surface area contributed by atoms with E-state index in [-0.39, 0.29) is 6.61 Å². The first kappa shape index (κ1) is 10.4. The predicted molar refractivity (Wildman–Crippen MR) is 54.8 cm³/mol. The van der Waals surface area contributed by atoms with Gasteiger partial charge < -0.3 is 10.0 Å². The molecular formula is C8H12BrN3O. The van der Waals surface area contributed by atoms with Crippen LogP contribution in [-0.2, 0) is 0 Å². The molecule has 0 saturated carbocycles. The molecule has 1 aromatic heterocycles. The van der Waals surface area contributed by atoms with E-state index in [0.717, 1.165) is 10.4 Å². The molecule has 0 aromatic carbocycles. The van der Waals surface area contributed by atoms with E-state index >= 15 is 0 Å². The second-order valence-electron chi connectivity index (χ2n) is 2.74. The van der Waals surface area contributed by atoms with Gasteiger partial charge in [0, 0.05) is 19.7 Å². The molecule has 0 fully saturated rings. The monoisotopic (exact) mass is 245 g/mol. The fourth-order valence-corrected chi connectivity index (χ4v) is 1.44. The lowest BCUT2D eigenvalue weighted by atomic mass is 10.5. The molecule has 1 N–H and O–H groups in total. The Labute approximate surface area is 85.8 Å². The van der Waals surface area contributed by atoms with Crippen LogP contribution in [0.25, 0.3) is 0 Å². The van der Waals surface area contributed by atoms with Crippen molar-refractivity contribution < 1.29 is 5.11 Å². The summed E-state index contributed by atoms with van der Waals surface area (Å²) in [5.41, 5.74) is 0. The Kier molecular flexibility index (Phi) is 3.62. The van der Waals surface area contributed by atoms with Gasteiger partial charge in [-0.3, -0.25) is 0 Å². The SMILES string of the molecule is Cc1nc(Br)cc(N(C)CCO)n1. The van der Waals surface area contributed by atoms with Gasteiger partial charge in [-0.2, -0.15) is 0 Å². The number of aryl methyl sites for hydroxylation is 1. The number of aliphatic hydroxyl groups is 1. The second-order valence-corrected chi connectivity index (χ2v) is 3.55. The average molecular weight is 246 g/mol. The van der Waals surface area contributed by atoms with Gasteiger partial charge in [-0.05, 0) is 22.9 Å². The van der Waals surface area contributed by atoms with Crippen molar-refractivity contribution in [3.63, 3.8) is 0 Å². The molecular weight excluding hydrogens is 234 g/mol. The minimum Gasteiger partial charge on any atom is -0.395 e. The summed E-state index contributed by atoms with van der Waals surface area (Å²) in [6.07, 6.45) is 0. The topological polar surface area (TPSA) is 49.2 Å². The maximum atomic E-state index is 8.74. The van der Waals surface area contributed by atoms with Crippen LogP contribution in [0.15, 0.2) is 10.7 Å². The van der Waals surface area contributed by atoms with Crippen molar-refractivity contribution in [2.45, 2.75) is 6.92 Å². The van der Waals surface area contributed by atoms with Crippen molar-refractivity contribution in [2.24, 2.45) is 0 Å². The largest absolute Gasteiger partial charge is 0.395 e. The number of nitrogens with zero attached hydrogens (tertiary/aromatic N) is 3. The third-order valence-corrected chi connectivity index (χ3v) is 2.03. The summed E-state index contributed by atoms with van der Waals surface area (Å²) in [4.78, 5) is 10.2. The van der Waals surface area contributed by atoms with Gasteiger partial charge in [0.05, 0.1) is 6.61 Å². The van der Waals surface area contributed by atoms with Crippen molar-refractivity contribution in [3.8, 4) is 0 Å². The maximum absolute atomic E-state index is 8.74. The van der Waals surface area contributed by atoms with Gasteiger partial charge in [0.1, 0.15) is 16.2 Å². The number of likely N-dealkylation sites (N-methyl/N-ethyl adjacent to an activating group) is 1. The number of aliphatic hydroxyl groups excluding tert-OH is 1. The number of hydrogen-bond donors (Lipinski definition) is 1. The maximum Gasteiger partial charge on any atom is 0.133 e. The van der Waals surface area contributed by atoms with Crippen LogP contribution < -0.4 is 4.90 Å². The molecule has 0 saturated heterocycles. The second kappa shape index (κ2) is 4.53. The zero-order chi connectivity index (χ0) is 9.84. The lowest BCUT2D eigenvalue weighted by Crippen LogP contribution is -2.22. The summed E-state index contributed by atoms with van der Waals surface area (Å²) >= 11 is 3.29. The normalized spacial score (nSPS) is 10.2. The molecule has 1 heterocycles. The first-order valence-corrected chi connectivity index (χ1v) is 4.76. The van der Waals surface area contributed by atoms with Crippen LogP contribution in [0.3, 0.4) is 0 Å². The van der Waals surface area contributed by atoms with Gasteiger partial charge in [-0.1, -0.05) is 0 Å². The van der Waals surface area contributed by atoms with Crippen LogP contribution in [0.5, 0.6) is 0 Å². The predicted octanol–water partition coefficient (Wildman–Crippen LogP) is 0.976. The third kappa shape index (κ3) is 2.93. The van der Waals surface area contributed by atoms with Gasteiger partial charge >= 0.3 is 0 Å². The Bertz CT molecular complexity index is 272. The van der Waals surface area contributed by atoms with Crippen molar-refractivity contribution in [1.29, 1.82) is 0 Å². The van der Waals surface area contributed by atoms with Crippen LogP contribution in [0.2, 0.25) is 0 Å². The summed E-state index contributed by atoms with van der Waals surface area (Å²) in [5.74, 6) is 1.53. The smallest absolute Gasteiger partial charge is 0.133 e. The standard InChI is InChI=1S/C8H12BrN3O/c1-6-10-7(9)5-8(11-6)12(2)3-4-13/h5,13H,3-4H2,1-2H3. The molecule has 0 spiro atoms. The minimum absolute atomic E-state index is 0.122.